The van der Waals surface area contributed by atoms with Gasteiger partial charge in [-0.3, -0.25) is 0 Å². The molecule has 0 aliphatic carbocycles. The third kappa shape index (κ3) is 3.36. The second-order valence-electron chi connectivity index (χ2n) is 4.70. The van der Waals surface area contributed by atoms with Crippen LogP contribution < -0.4 is 4.90 Å². The van der Waals surface area contributed by atoms with Crippen molar-refractivity contribution in [1.29, 1.82) is 0 Å². The van der Waals surface area contributed by atoms with Gasteiger partial charge in [0.25, 0.3) is 0 Å². The normalized spacial score (nSPS) is 17.6. The van der Waals surface area contributed by atoms with Crippen LogP contribution in [-0.4, -0.2) is 18.2 Å². The van der Waals surface area contributed by atoms with E-state index in [0.717, 1.165) is 29.4 Å². The van der Waals surface area contributed by atoms with Crippen molar-refractivity contribution >= 4 is 17.3 Å². The molecule has 1 heterocycles. The van der Waals surface area contributed by atoms with Crippen LogP contribution in [0.25, 0.3) is 0 Å². The van der Waals surface area contributed by atoms with Crippen LogP contribution >= 0.6 is 11.6 Å². The molecule has 2 rings (SSSR count). The molecule has 1 aliphatic rings. The Labute approximate surface area is 108 Å². The first-order chi connectivity index (χ1) is 8.31. The summed E-state index contributed by atoms with van der Waals surface area (Å²) in [4.78, 5) is 2.38. The van der Waals surface area contributed by atoms with Crippen molar-refractivity contribution in [2.75, 3.05) is 18.0 Å². The first kappa shape index (κ1) is 12.7. The molecule has 94 valence electrons. The van der Waals surface area contributed by atoms with Crippen molar-refractivity contribution in [2.24, 2.45) is 0 Å². The van der Waals surface area contributed by atoms with E-state index in [1.807, 2.05) is 18.2 Å². The highest BCUT2D eigenvalue weighted by Gasteiger charge is 2.12. The topological polar surface area (TPSA) is 23.5 Å². The molecule has 17 heavy (non-hydrogen) atoms. The maximum Gasteiger partial charge on any atom is 0.0682 e. The smallest absolute Gasteiger partial charge is 0.0682 e. The lowest BCUT2D eigenvalue weighted by molar-refractivity contribution is 0.282. The Kier molecular flexibility index (Phi) is 4.69. The monoisotopic (exact) mass is 253 g/mol. The van der Waals surface area contributed by atoms with Gasteiger partial charge in [0.1, 0.15) is 0 Å². The summed E-state index contributed by atoms with van der Waals surface area (Å²) in [6.07, 6.45) is 6.51. The van der Waals surface area contributed by atoms with E-state index in [0.29, 0.717) is 0 Å². The minimum absolute atomic E-state index is 0.0556. The number of aliphatic hydroxyl groups excluding tert-OH is 1. The van der Waals surface area contributed by atoms with Crippen molar-refractivity contribution < 1.29 is 5.11 Å². The quantitative estimate of drug-likeness (QED) is 0.871. The van der Waals surface area contributed by atoms with Crippen LogP contribution in [0.2, 0.25) is 5.02 Å². The zero-order valence-electron chi connectivity index (χ0n) is 10.2. The van der Waals surface area contributed by atoms with E-state index in [4.69, 9.17) is 16.7 Å². The van der Waals surface area contributed by atoms with Gasteiger partial charge in [0.05, 0.1) is 17.3 Å². The van der Waals surface area contributed by atoms with Gasteiger partial charge in [0, 0.05) is 13.1 Å². The van der Waals surface area contributed by atoms with Gasteiger partial charge in [-0.15, -0.1) is 0 Å². The fourth-order valence-electron chi connectivity index (χ4n) is 2.39. The maximum absolute atomic E-state index is 9.07. The number of rotatable bonds is 2. The summed E-state index contributed by atoms with van der Waals surface area (Å²) in [5.41, 5.74) is 2.00. The standard InChI is InChI=1S/C14H20ClNO/c15-13-10-12(11-17)6-7-14(13)16-8-4-2-1-3-5-9-16/h6-7,10,17H,1-5,8-9,11H2. The highest BCUT2D eigenvalue weighted by atomic mass is 35.5. The van der Waals surface area contributed by atoms with E-state index in [2.05, 4.69) is 4.90 Å². The molecule has 0 bridgehead atoms. The van der Waals surface area contributed by atoms with E-state index < -0.39 is 0 Å². The van der Waals surface area contributed by atoms with Crippen LogP contribution in [0.3, 0.4) is 0 Å². The Morgan fingerprint density at radius 3 is 2.29 bits per heavy atom. The van der Waals surface area contributed by atoms with Gasteiger partial charge in [0.2, 0.25) is 0 Å². The number of aliphatic hydroxyl groups is 1. The highest BCUT2D eigenvalue weighted by molar-refractivity contribution is 6.33. The van der Waals surface area contributed by atoms with Gasteiger partial charge in [0.15, 0.2) is 0 Å². The van der Waals surface area contributed by atoms with Crippen molar-refractivity contribution in [3.05, 3.63) is 28.8 Å². The van der Waals surface area contributed by atoms with Crippen LogP contribution in [0.1, 0.15) is 37.7 Å². The largest absolute Gasteiger partial charge is 0.392 e. The number of halogens is 1. The van der Waals surface area contributed by atoms with E-state index in [1.54, 1.807) is 0 Å². The van der Waals surface area contributed by atoms with E-state index in [1.165, 1.54) is 32.1 Å². The van der Waals surface area contributed by atoms with Crippen LogP contribution in [-0.2, 0) is 6.61 Å². The predicted molar refractivity (Wildman–Crippen MR) is 72.7 cm³/mol. The number of nitrogens with zero attached hydrogens (tertiary/aromatic N) is 1. The molecule has 0 spiro atoms. The lowest BCUT2D eigenvalue weighted by Gasteiger charge is -2.27. The molecule has 0 aromatic heterocycles. The number of benzene rings is 1. The average molecular weight is 254 g/mol. The summed E-state index contributed by atoms with van der Waals surface area (Å²) < 4.78 is 0. The maximum atomic E-state index is 9.07. The summed E-state index contributed by atoms with van der Waals surface area (Å²) in [5, 5.41) is 9.83. The average Bonchev–Trinajstić information content (AvgIpc) is 2.29. The fraction of sp³-hybridized carbons (Fsp3) is 0.571. The Hall–Kier alpha value is -0.730. The molecule has 1 N–H and O–H groups in total. The minimum Gasteiger partial charge on any atom is -0.392 e. The lowest BCUT2D eigenvalue weighted by atomic mass is 10.1. The van der Waals surface area contributed by atoms with Crippen LogP contribution in [0, 0.1) is 0 Å². The third-order valence-corrected chi connectivity index (χ3v) is 3.69. The molecule has 2 nitrogen and oxygen atoms in total. The summed E-state index contributed by atoms with van der Waals surface area (Å²) in [6.45, 7) is 2.25. The van der Waals surface area contributed by atoms with Gasteiger partial charge in [-0.25, -0.2) is 0 Å². The summed E-state index contributed by atoms with van der Waals surface area (Å²) >= 11 is 6.28. The molecule has 0 amide bonds. The van der Waals surface area contributed by atoms with Gasteiger partial charge < -0.3 is 10.0 Å². The van der Waals surface area contributed by atoms with Crippen molar-refractivity contribution in [3.63, 3.8) is 0 Å². The van der Waals surface area contributed by atoms with Gasteiger partial charge in [-0.2, -0.15) is 0 Å². The van der Waals surface area contributed by atoms with Gasteiger partial charge in [-0.1, -0.05) is 36.9 Å². The first-order valence-corrected chi connectivity index (χ1v) is 6.83. The second-order valence-corrected chi connectivity index (χ2v) is 5.11. The molecule has 1 saturated heterocycles. The molecular weight excluding hydrogens is 234 g/mol. The number of anilines is 1. The molecule has 1 aliphatic heterocycles. The SMILES string of the molecule is OCc1ccc(N2CCCCCCC2)c(Cl)c1. The summed E-state index contributed by atoms with van der Waals surface area (Å²) in [7, 11) is 0. The Morgan fingerprint density at radius 2 is 1.71 bits per heavy atom. The predicted octanol–water partition coefficient (Wildman–Crippen LogP) is 3.60. The zero-order chi connectivity index (χ0) is 12.1. The molecule has 0 radical (unpaired) electrons. The molecule has 0 unspecified atom stereocenters. The highest BCUT2D eigenvalue weighted by Crippen LogP contribution is 2.28. The second kappa shape index (κ2) is 6.27. The molecule has 0 atom stereocenters. The molecule has 0 saturated carbocycles. The van der Waals surface area contributed by atoms with Crippen molar-refractivity contribution in [3.8, 4) is 0 Å². The number of hydrogen-bond acceptors (Lipinski definition) is 2. The molecule has 1 aromatic rings. The van der Waals surface area contributed by atoms with Crippen LogP contribution in [0.4, 0.5) is 5.69 Å². The minimum atomic E-state index is 0.0556. The van der Waals surface area contributed by atoms with Crippen molar-refractivity contribution in [1.82, 2.24) is 0 Å². The van der Waals surface area contributed by atoms with E-state index >= 15 is 0 Å². The zero-order valence-corrected chi connectivity index (χ0v) is 10.9. The van der Waals surface area contributed by atoms with Gasteiger partial charge in [-0.05, 0) is 30.5 Å². The van der Waals surface area contributed by atoms with Crippen LogP contribution in [0.5, 0.6) is 0 Å². The summed E-state index contributed by atoms with van der Waals surface area (Å²) in [5.74, 6) is 0. The Bertz CT molecular complexity index is 359. The van der Waals surface area contributed by atoms with Crippen LogP contribution in [0.15, 0.2) is 18.2 Å². The van der Waals surface area contributed by atoms with Gasteiger partial charge >= 0.3 is 0 Å². The molecule has 1 fully saturated rings. The molecular formula is C14H20ClNO. The Morgan fingerprint density at radius 1 is 1.06 bits per heavy atom. The Balaban J connectivity index is 2.13. The van der Waals surface area contributed by atoms with E-state index in [9.17, 15) is 0 Å². The molecule has 1 aromatic carbocycles. The third-order valence-electron chi connectivity index (χ3n) is 3.39. The van der Waals surface area contributed by atoms with E-state index in [-0.39, 0.29) is 6.61 Å². The summed E-state index contributed by atoms with van der Waals surface area (Å²) in [6, 6.07) is 5.87. The molecule has 3 heteroatoms. The number of hydrogen-bond donors (Lipinski definition) is 1. The first-order valence-electron chi connectivity index (χ1n) is 6.45. The fourth-order valence-corrected chi connectivity index (χ4v) is 2.72. The van der Waals surface area contributed by atoms with Crippen molar-refractivity contribution in [2.45, 2.75) is 38.7 Å². The lowest BCUT2D eigenvalue weighted by Crippen LogP contribution is -2.27.